The minimum absolute atomic E-state index is 0.602. The van der Waals surface area contributed by atoms with Gasteiger partial charge in [-0.25, -0.2) is 9.97 Å². The molecular formula is C29H24ClN5O. The van der Waals surface area contributed by atoms with Crippen molar-refractivity contribution in [3.63, 3.8) is 0 Å². The monoisotopic (exact) mass is 493 g/mol. The maximum atomic E-state index is 11.3. The lowest BCUT2D eigenvalue weighted by atomic mass is 9.96. The summed E-state index contributed by atoms with van der Waals surface area (Å²) in [5, 5.41) is 4.07. The molecule has 1 N–H and O–H groups in total. The quantitative estimate of drug-likeness (QED) is 0.253. The standard InChI is InChI=1S/C29H24ClN5O/c1-4-23-19(16-36)13-14-25(34-23)22-10-5-9-21(27(22)30)20-8-6-11-24(17(20)2)35-29-28-26(12-7-15-31-28)32-18(3)33-29/h5-16H,4H2,1-3H3,(H,32,33,35). The van der Waals surface area contributed by atoms with Crippen LogP contribution in [0.4, 0.5) is 11.5 Å². The van der Waals surface area contributed by atoms with E-state index in [0.29, 0.717) is 34.2 Å². The highest BCUT2D eigenvalue weighted by molar-refractivity contribution is 6.36. The van der Waals surface area contributed by atoms with Gasteiger partial charge < -0.3 is 5.32 Å². The van der Waals surface area contributed by atoms with Crippen molar-refractivity contribution in [2.24, 2.45) is 0 Å². The van der Waals surface area contributed by atoms with Gasteiger partial charge >= 0.3 is 0 Å². The molecule has 0 radical (unpaired) electrons. The number of aryl methyl sites for hydroxylation is 2. The van der Waals surface area contributed by atoms with Gasteiger partial charge in [0.15, 0.2) is 12.1 Å². The molecule has 7 heteroatoms. The van der Waals surface area contributed by atoms with Gasteiger partial charge in [0.1, 0.15) is 11.3 Å². The summed E-state index contributed by atoms with van der Waals surface area (Å²) in [7, 11) is 0. The van der Waals surface area contributed by atoms with Crippen molar-refractivity contribution in [1.82, 2.24) is 19.9 Å². The van der Waals surface area contributed by atoms with Gasteiger partial charge in [-0.05, 0) is 61.7 Å². The zero-order valence-corrected chi connectivity index (χ0v) is 21.0. The van der Waals surface area contributed by atoms with Gasteiger partial charge in [-0.2, -0.15) is 0 Å². The summed E-state index contributed by atoms with van der Waals surface area (Å²) in [4.78, 5) is 29.6. The number of aldehydes is 1. The number of aromatic nitrogens is 4. The lowest BCUT2D eigenvalue weighted by Crippen LogP contribution is -2.02. The number of pyridine rings is 2. The molecule has 36 heavy (non-hydrogen) atoms. The predicted molar refractivity (Wildman–Crippen MR) is 145 cm³/mol. The predicted octanol–water partition coefficient (Wildman–Crippen LogP) is 7.14. The van der Waals surface area contributed by atoms with Crippen LogP contribution in [0.25, 0.3) is 33.4 Å². The Morgan fingerprint density at radius 2 is 1.67 bits per heavy atom. The van der Waals surface area contributed by atoms with Crippen molar-refractivity contribution in [1.29, 1.82) is 0 Å². The zero-order chi connectivity index (χ0) is 25.2. The van der Waals surface area contributed by atoms with Gasteiger partial charge in [0.25, 0.3) is 0 Å². The summed E-state index contributed by atoms with van der Waals surface area (Å²) in [5.74, 6) is 1.33. The molecule has 0 fully saturated rings. The fourth-order valence-corrected chi connectivity index (χ4v) is 4.68. The van der Waals surface area contributed by atoms with Gasteiger partial charge in [-0.15, -0.1) is 0 Å². The number of carbonyl (C=O) groups is 1. The van der Waals surface area contributed by atoms with Crippen LogP contribution in [-0.4, -0.2) is 26.2 Å². The third-order valence-electron chi connectivity index (χ3n) is 6.19. The number of anilines is 2. The molecule has 3 aromatic heterocycles. The molecule has 0 saturated carbocycles. The number of hydrogen-bond donors (Lipinski definition) is 1. The van der Waals surface area contributed by atoms with E-state index in [-0.39, 0.29) is 0 Å². The fourth-order valence-electron chi connectivity index (χ4n) is 4.35. The average Bonchev–Trinajstić information content (AvgIpc) is 2.89. The molecule has 0 spiro atoms. The van der Waals surface area contributed by atoms with Crippen LogP contribution in [0.15, 0.2) is 66.9 Å². The zero-order valence-electron chi connectivity index (χ0n) is 20.2. The van der Waals surface area contributed by atoms with Crippen molar-refractivity contribution >= 4 is 40.4 Å². The number of benzene rings is 2. The molecule has 0 aliphatic carbocycles. The summed E-state index contributed by atoms with van der Waals surface area (Å²) in [6.45, 7) is 5.90. The van der Waals surface area contributed by atoms with Crippen LogP contribution in [0.3, 0.4) is 0 Å². The van der Waals surface area contributed by atoms with Crippen LogP contribution in [0.2, 0.25) is 5.02 Å². The van der Waals surface area contributed by atoms with E-state index in [1.54, 1.807) is 12.3 Å². The third-order valence-corrected chi connectivity index (χ3v) is 6.60. The Morgan fingerprint density at radius 1 is 0.889 bits per heavy atom. The second kappa shape index (κ2) is 9.84. The van der Waals surface area contributed by atoms with E-state index in [9.17, 15) is 4.79 Å². The molecule has 3 heterocycles. The minimum atomic E-state index is 0.602. The highest BCUT2D eigenvalue weighted by Gasteiger charge is 2.16. The maximum Gasteiger partial charge on any atom is 0.160 e. The molecule has 0 aliphatic heterocycles. The molecule has 2 aromatic carbocycles. The summed E-state index contributed by atoms with van der Waals surface area (Å²) >= 11 is 6.97. The van der Waals surface area contributed by atoms with E-state index >= 15 is 0 Å². The molecule has 178 valence electrons. The van der Waals surface area contributed by atoms with Crippen molar-refractivity contribution in [2.75, 3.05) is 5.32 Å². The third kappa shape index (κ3) is 4.32. The van der Waals surface area contributed by atoms with Gasteiger partial charge in [-0.1, -0.05) is 48.9 Å². The van der Waals surface area contributed by atoms with E-state index < -0.39 is 0 Å². The number of nitrogens with one attached hydrogen (secondary N) is 1. The van der Waals surface area contributed by atoms with Crippen LogP contribution in [-0.2, 0) is 6.42 Å². The Morgan fingerprint density at radius 3 is 2.47 bits per heavy atom. The van der Waals surface area contributed by atoms with E-state index in [1.807, 2.05) is 68.4 Å². The summed E-state index contributed by atoms with van der Waals surface area (Å²) in [6.07, 6.45) is 3.24. The van der Waals surface area contributed by atoms with Crippen LogP contribution in [0.1, 0.15) is 34.4 Å². The van der Waals surface area contributed by atoms with Gasteiger partial charge in [0.2, 0.25) is 0 Å². The second-order valence-electron chi connectivity index (χ2n) is 8.46. The molecule has 0 unspecified atom stereocenters. The van der Waals surface area contributed by atoms with Gasteiger partial charge in [0.05, 0.1) is 21.9 Å². The van der Waals surface area contributed by atoms with E-state index in [4.69, 9.17) is 16.6 Å². The molecule has 5 aromatic rings. The van der Waals surface area contributed by atoms with E-state index in [1.165, 1.54) is 0 Å². The highest BCUT2D eigenvalue weighted by atomic mass is 35.5. The van der Waals surface area contributed by atoms with E-state index in [2.05, 4.69) is 27.2 Å². The SMILES string of the molecule is CCc1nc(-c2cccc(-c3cccc(Nc4nc(C)nc5cccnc45)c3C)c2Cl)ccc1C=O. The van der Waals surface area contributed by atoms with Gasteiger partial charge in [-0.3, -0.25) is 14.8 Å². The highest BCUT2D eigenvalue weighted by Crippen LogP contribution is 2.39. The fraction of sp³-hybridized carbons (Fsp3) is 0.138. The lowest BCUT2D eigenvalue weighted by molar-refractivity contribution is 0.112. The second-order valence-corrected chi connectivity index (χ2v) is 8.84. The van der Waals surface area contributed by atoms with Crippen molar-refractivity contribution < 1.29 is 4.79 Å². The summed E-state index contributed by atoms with van der Waals surface area (Å²) in [6, 6.07) is 19.4. The molecule has 6 nitrogen and oxygen atoms in total. The van der Waals surface area contributed by atoms with Crippen LogP contribution in [0.5, 0.6) is 0 Å². The molecule has 5 rings (SSSR count). The average molecular weight is 494 g/mol. The smallest absolute Gasteiger partial charge is 0.160 e. The number of nitrogens with zero attached hydrogens (tertiary/aromatic N) is 4. The molecule has 0 aliphatic rings. The first-order valence-electron chi connectivity index (χ1n) is 11.7. The van der Waals surface area contributed by atoms with Crippen LogP contribution < -0.4 is 5.32 Å². The van der Waals surface area contributed by atoms with Crippen LogP contribution in [0, 0.1) is 13.8 Å². The topological polar surface area (TPSA) is 80.7 Å². The summed E-state index contributed by atoms with van der Waals surface area (Å²) in [5.41, 5.74) is 8.24. The number of carbonyl (C=O) groups excluding carboxylic acids is 1. The van der Waals surface area contributed by atoms with Crippen LogP contribution >= 0.6 is 11.6 Å². The molecule has 0 saturated heterocycles. The first-order chi connectivity index (χ1) is 17.5. The number of halogens is 1. The normalized spacial score (nSPS) is 11.0. The van der Waals surface area contributed by atoms with Gasteiger partial charge in [0, 0.05) is 28.6 Å². The molecule has 0 atom stereocenters. The largest absolute Gasteiger partial charge is 0.338 e. The van der Waals surface area contributed by atoms with Crippen molar-refractivity contribution in [2.45, 2.75) is 27.2 Å². The van der Waals surface area contributed by atoms with E-state index in [0.717, 1.165) is 51.1 Å². The molecular weight excluding hydrogens is 470 g/mol. The Labute approximate surface area is 214 Å². The Hall–Kier alpha value is -4.16. The Kier molecular flexibility index (Phi) is 6.44. The number of rotatable bonds is 6. The maximum absolute atomic E-state index is 11.3. The number of fused-ring (bicyclic) bond motifs is 1. The molecule has 0 bridgehead atoms. The van der Waals surface area contributed by atoms with Crippen molar-refractivity contribution in [3.05, 3.63) is 94.5 Å². The first-order valence-corrected chi connectivity index (χ1v) is 12.1. The minimum Gasteiger partial charge on any atom is -0.338 e. The Balaban J connectivity index is 1.58. The lowest BCUT2D eigenvalue weighted by Gasteiger charge is -2.16. The summed E-state index contributed by atoms with van der Waals surface area (Å²) < 4.78 is 0. The molecule has 0 amide bonds. The first kappa shape index (κ1) is 23.6. The Bertz CT molecular complexity index is 1620. The number of hydrogen-bond acceptors (Lipinski definition) is 6. The van der Waals surface area contributed by atoms with Crippen molar-refractivity contribution in [3.8, 4) is 22.4 Å².